The SMILES string of the molecule is O=C(Cn1cccn1)NC1CCCCCCC1. The summed E-state index contributed by atoms with van der Waals surface area (Å²) in [6.45, 7) is 0.337. The average Bonchev–Trinajstić information content (AvgIpc) is 2.74. The van der Waals surface area contributed by atoms with Gasteiger partial charge in [0, 0.05) is 18.4 Å². The summed E-state index contributed by atoms with van der Waals surface area (Å²) in [5, 5.41) is 7.16. The van der Waals surface area contributed by atoms with Crippen LogP contribution in [0.1, 0.15) is 44.9 Å². The largest absolute Gasteiger partial charge is 0.352 e. The molecule has 1 aromatic rings. The van der Waals surface area contributed by atoms with E-state index in [0.717, 1.165) is 12.8 Å². The predicted octanol–water partition coefficient (Wildman–Crippen LogP) is 2.11. The molecule has 0 unspecified atom stereocenters. The van der Waals surface area contributed by atoms with Crippen molar-refractivity contribution in [2.75, 3.05) is 0 Å². The fourth-order valence-electron chi connectivity index (χ4n) is 2.41. The van der Waals surface area contributed by atoms with Gasteiger partial charge in [-0.3, -0.25) is 9.48 Å². The minimum Gasteiger partial charge on any atom is -0.352 e. The Bertz CT molecular complexity index is 326. The molecule has 0 atom stereocenters. The van der Waals surface area contributed by atoms with Crippen molar-refractivity contribution in [1.82, 2.24) is 15.1 Å². The molecule has 0 spiro atoms. The first kappa shape index (κ1) is 12.1. The van der Waals surface area contributed by atoms with E-state index < -0.39 is 0 Å². The molecule has 0 radical (unpaired) electrons. The molecule has 4 nitrogen and oxygen atoms in total. The molecular weight excluding hydrogens is 214 g/mol. The minimum atomic E-state index is 0.0827. The molecule has 1 aromatic heterocycles. The lowest BCUT2D eigenvalue weighted by Gasteiger charge is -2.20. The summed E-state index contributed by atoms with van der Waals surface area (Å²) in [6.07, 6.45) is 12.2. The van der Waals surface area contributed by atoms with Crippen molar-refractivity contribution in [1.29, 1.82) is 0 Å². The molecule has 0 bridgehead atoms. The Kier molecular flexibility index (Phi) is 4.59. The zero-order valence-corrected chi connectivity index (χ0v) is 10.3. The second-order valence-corrected chi connectivity index (χ2v) is 4.81. The maximum atomic E-state index is 11.8. The van der Waals surface area contributed by atoms with Crippen LogP contribution < -0.4 is 5.32 Å². The Morgan fingerprint density at radius 3 is 2.59 bits per heavy atom. The first-order valence-electron chi connectivity index (χ1n) is 6.61. The molecule has 1 heterocycles. The van der Waals surface area contributed by atoms with Crippen molar-refractivity contribution in [2.45, 2.75) is 57.5 Å². The normalized spacial score (nSPS) is 18.4. The number of hydrogen-bond donors (Lipinski definition) is 1. The van der Waals surface area contributed by atoms with Gasteiger partial charge in [0.15, 0.2) is 0 Å². The highest BCUT2D eigenvalue weighted by molar-refractivity contribution is 5.75. The second kappa shape index (κ2) is 6.42. The molecule has 1 aliphatic carbocycles. The summed E-state index contributed by atoms with van der Waals surface area (Å²) in [4.78, 5) is 11.8. The molecule has 1 fully saturated rings. The van der Waals surface area contributed by atoms with E-state index in [1.165, 1.54) is 32.1 Å². The number of nitrogens with one attached hydrogen (secondary N) is 1. The topological polar surface area (TPSA) is 46.9 Å². The van der Waals surface area contributed by atoms with Crippen LogP contribution in [0, 0.1) is 0 Å². The summed E-state index contributed by atoms with van der Waals surface area (Å²) in [6, 6.07) is 2.21. The van der Waals surface area contributed by atoms with E-state index in [2.05, 4.69) is 10.4 Å². The van der Waals surface area contributed by atoms with Crippen LogP contribution in [-0.4, -0.2) is 21.7 Å². The van der Waals surface area contributed by atoms with E-state index in [9.17, 15) is 4.79 Å². The first-order chi connectivity index (χ1) is 8.34. The van der Waals surface area contributed by atoms with Crippen molar-refractivity contribution in [3.05, 3.63) is 18.5 Å². The van der Waals surface area contributed by atoms with Crippen molar-refractivity contribution in [3.8, 4) is 0 Å². The molecule has 94 valence electrons. The van der Waals surface area contributed by atoms with Gasteiger partial charge in [0.05, 0.1) is 0 Å². The van der Waals surface area contributed by atoms with Crippen molar-refractivity contribution >= 4 is 5.91 Å². The molecule has 2 rings (SSSR count). The summed E-state index contributed by atoms with van der Waals surface area (Å²) in [7, 11) is 0. The summed E-state index contributed by atoms with van der Waals surface area (Å²) in [5.41, 5.74) is 0. The van der Waals surface area contributed by atoms with E-state index in [4.69, 9.17) is 0 Å². The van der Waals surface area contributed by atoms with Gasteiger partial charge in [0.1, 0.15) is 6.54 Å². The molecule has 1 aliphatic rings. The second-order valence-electron chi connectivity index (χ2n) is 4.81. The monoisotopic (exact) mass is 235 g/mol. The summed E-state index contributed by atoms with van der Waals surface area (Å²) >= 11 is 0. The van der Waals surface area contributed by atoms with Crippen molar-refractivity contribution < 1.29 is 4.79 Å². The maximum Gasteiger partial charge on any atom is 0.241 e. The van der Waals surface area contributed by atoms with Crippen LogP contribution in [0.2, 0.25) is 0 Å². The van der Waals surface area contributed by atoms with Crippen LogP contribution in [-0.2, 0) is 11.3 Å². The minimum absolute atomic E-state index is 0.0827. The average molecular weight is 235 g/mol. The number of carbonyl (C=O) groups excluding carboxylic acids is 1. The highest BCUT2D eigenvalue weighted by Gasteiger charge is 2.13. The van der Waals surface area contributed by atoms with E-state index >= 15 is 0 Å². The van der Waals surface area contributed by atoms with Crippen LogP contribution >= 0.6 is 0 Å². The Morgan fingerprint density at radius 2 is 1.94 bits per heavy atom. The van der Waals surface area contributed by atoms with Gasteiger partial charge >= 0.3 is 0 Å². The van der Waals surface area contributed by atoms with E-state index in [1.54, 1.807) is 10.9 Å². The molecule has 1 amide bonds. The number of amides is 1. The number of rotatable bonds is 3. The lowest BCUT2D eigenvalue weighted by molar-refractivity contribution is -0.122. The third-order valence-electron chi connectivity index (χ3n) is 3.34. The van der Waals surface area contributed by atoms with Gasteiger partial charge in [0.25, 0.3) is 0 Å². The Balaban J connectivity index is 1.76. The van der Waals surface area contributed by atoms with E-state index in [-0.39, 0.29) is 5.91 Å². The van der Waals surface area contributed by atoms with Gasteiger partial charge in [-0.1, -0.05) is 32.1 Å². The van der Waals surface area contributed by atoms with Crippen molar-refractivity contribution in [3.63, 3.8) is 0 Å². The zero-order valence-electron chi connectivity index (χ0n) is 10.3. The van der Waals surface area contributed by atoms with Crippen LogP contribution in [0.3, 0.4) is 0 Å². The highest BCUT2D eigenvalue weighted by atomic mass is 16.2. The Hall–Kier alpha value is -1.32. The lowest BCUT2D eigenvalue weighted by Crippen LogP contribution is -2.37. The Morgan fingerprint density at radius 1 is 1.24 bits per heavy atom. The summed E-state index contributed by atoms with van der Waals surface area (Å²) < 4.78 is 1.66. The molecule has 0 saturated heterocycles. The van der Waals surface area contributed by atoms with Crippen molar-refractivity contribution in [2.24, 2.45) is 0 Å². The molecule has 1 saturated carbocycles. The van der Waals surface area contributed by atoms with Gasteiger partial charge in [-0.05, 0) is 18.9 Å². The van der Waals surface area contributed by atoms with Crippen LogP contribution in [0.25, 0.3) is 0 Å². The fraction of sp³-hybridized carbons (Fsp3) is 0.692. The van der Waals surface area contributed by atoms with E-state index in [1.807, 2.05) is 12.3 Å². The molecule has 17 heavy (non-hydrogen) atoms. The smallest absolute Gasteiger partial charge is 0.241 e. The summed E-state index contributed by atoms with van der Waals surface area (Å²) in [5.74, 6) is 0.0827. The van der Waals surface area contributed by atoms with Gasteiger partial charge in [-0.15, -0.1) is 0 Å². The zero-order chi connectivity index (χ0) is 11.9. The molecule has 4 heteroatoms. The molecule has 0 aliphatic heterocycles. The van der Waals surface area contributed by atoms with Crippen LogP contribution in [0.4, 0.5) is 0 Å². The maximum absolute atomic E-state index is 11.8. The van der Waals surface area contributed by atoms with Gasteiger partial charge in [-0.25, -0.2) is 0 Å². The quantitative estimate of drug-likeness (QED) is 0.872. The number of aromatic nitrogens is 2. The molecular formula is C13H21N3O. The van der Waals surface area contributed by atoms with Gasteiger partial charge in [-0.2, -0.15) is 5.10 Å². The number of carbonyl (C=O) groups is 1. The first-order valence-corrected chi connectivity index (χ1v) is 6.61. The Labute approximate surface area is 102 Å². The predicted molar refractivity (Wildman–Crippen MR) is 66.5 cm³/mol. The lowest BCUT2D eigenvalue weighted by atomic mass is 9.97. The van der Waals surface area contributed by atoms with Crippen LogP contribution in [0.5, 0.6) is 0 Å². The number of hydrogen-bond acceptors (Lipinski definition) is 2. The van der Waals surface area contributed by atoms with E-state index in [0.29, 0.717) is 12.6 Å². The van der Waals surface area contributed by atoms with Crippen LogP contribution in [0.15, 0.2) is 18.5 Å². The highest BCUT2D eigenvalue weighted by Crippen LogP contribution is 2.16. The van der Waals surface area contributed by atoms with Gasteiger partial charge < -0.3 is 5.32 Å². The number of nitrogens with zero attached hydrogens (tertiary/aromatic N) is 2. The third-order valence-corrected chi connectivity index (χ3v) is 3.34. The standard InChI is InChI=1S/C13H21N3O/c17-13(11-16-10-6-9-14-16)15-12-7-4-2-1-3-5-8-12/h6,9-10,12H,1-5,7-8,11H2,(H,15,17). The third kappa shape index (κ3) is 4.21. The van der Waals surface area contributed by atoms with Gasteiger partial charge in [0.2, 0.25) is 5.91 Å². The molecule has 1 N–H and O–H groups in total. The molecule has 0 aromatic carbocycles. The fourth-order valence-corrected chi connectivity index (χ4v) is 2.41.